The highest BCUT2D eigenvalue weighted by Crippen LogP contribution is 2.36. The Balaban J connectivity index is 2.31. The van der Waals surface area contributed by atoms with Crippen LogP contribution in [0.15, 0.2) is 30.3 Å². The molecule has 1 aromatic rings. The second kappa shape index (κ2) is 4.96. The number of benzene rings is 1. The van der Waals surface area contributed by atoms with Crippen molar-refractivity contribution in [1.82, 2.24) is 4.90 Å². The molecule has 4 heteroatoms. The van der Waals surface area contributed by atoms with Gasteiger partial charge in [0.25, 0.3) is 5.91 Å². The molecule has 0 atom stereocenters. The van der Waals surface area contributed by atoms with E-state index in [1.54, 1.807) is 13.8 Å². The van der Waals surface area contributed by atoms with Crippen molar-refractivity contribution >= 4 is 17.6 Å². The van der Waals surface area contributed by atoms with E-state index in [4.69, 9.17) is 0 Å². The van der Waals surface area contributed by atoms with Crippen molar-refractivity contribution < 1.29 is 14.4 Å². The molecule has 0 radical (unpaired) electrons. The number of nitrogens with zero attached hydrogens (tertiary/aromatic N) is 1. The van der Waals surface area contributed by atoms with E-state index in [0.29, 0.717) is 12.8 Å². The van der Waals surface area contributed by atoms with Gasteiger partial charge in [0.2, 0.25) is 11.7 Å². The van der Waals surface area contributed by atoms with Gasteiger partial charge in [0.1, 0.15) is 5.41 Å². The smallest absolute Gasteiger partial charge is 0.287 e. The summed E-state index contributed by atoms with van der Waals surface area (Å²) >= 11 is 0. The van der Waals surface area contributed by atoms with Crippen LogP contribution in [0.25, 0.3) is 0 Å². The highest BCUT2D eigenvalue weighted by Gasteiger charge is 2.56. The molecule has 1 fully saturated rings. The van der Waals surface area contributed by atoms with Crippen LogP contribution in [0.5, 0.6) is 0 Å². The van der Waals surface area contributed by atoms with Crippen LogP contribution in [0.4, 0.5) is 0 Å². The van der Waals surface area contributed by atoms with Crippen molar-refractivity contribution in [3.05, 3.63) is 35.9 Å². The van der Waals surface area contributed by atoms with Crippen molar-refractivity contribution in [1.29, 1.82) is 0 Å². The first kappa shape index (κ1) is 13.5. The Bertz CT molecular complexity index is 517. The van der Waals surface area contributed by atoms with Crippen molar-refractivity contribution in [2.45, 2.75) is 33.2 Å². The average Bonchev–Trinajstić information content (AvgIpc) is 2.62. The number of likely N-dealkylation sites (tertiary alicyclic amines) is 1. The zero-order valence-corrected chi connectivity index (χ0v) is 11.2. The van der Waals surface area contributed by atoms with E-state index in [1.165, 1.54) is 0 Å². The monoisotopic (exact) mass is 259 g/mol. The Labute approximate surface area is 112 Å². The summed E-state index contributed by atoms with van der Waals surface area (Å²) in [5, 5.41) is 0. The third-order valence-electron chi connectivity index (χ3n) is 3.92. The zero-order chi connectivity index (χ0) is 14.0. The van der Waals surface area contributed by atoms with Gasteiger partial charge in [0.15, 0.2) is 0 Å². The minimum atomic E-state index is -1.13. The summed E-state index contributed by atoms with van der Waals surface area (Å²) in [6, 6.07) is 9.22. The molecule has 0 unspecified atom stereocenters. The van der Waals surface area contributed by atoms with E-state index in [-0.39, 0.29) is 12.5 Å². The SMILES string of the molecule is CCC1(CC)C(=O)C(=O)N(Cc2ccccc2)C1=O. The Morgan fingerprint density at radius 3 is 2.05 bits per heavy atom. The van der Waals surface area contributed by atoms with Gasteiger partial charge in [0.05, 0.1) is 6.54 Å². The Morgan fingerprint density at radius 1 is 1.00 bits per heavy atom. The topological polar surface area (TPSA) is 54.5 Å². The Morgan fingerprint density at radius 2 is 1.58 bits per heavy atom. The van der Waals surface area contributed by atoms with Crippen molar-refractivity contribution in [2.24, 2.45) is 5.41 Å². The number of carbonyl (C=O) groups excluding carboxylic acids is 3. The molecule has 1 heterocycles. The predicted molar refractivity (Wildman–Crippen MR) is 70.0 cm³/mol. The van der Waals surface area contributed by atoms with Crippen LogP contribution in [0.2, 0.25) is 0 Å². The third kappa shape index (κ3) is 1.97. The standard InChI is InChI=1S/C15H17NO3/c1-3-15(4-2)12(17)13(18)16(14(15)19)10-11-8-6-5-7-9-11/h5-9H,3-4,10H2,1-2H3. The van der Waals surface area contributed by atoms with Gasteiger partial charge in [0, 0.05) is 0 Å². The quantitative estimate of drug-likeness (QED) is 0.471. The molecule has 0 N–H and O–H groups in total. The average molecular weight is 259 g/mol. The van der Waals surface area contributed by atoms with Crippen molar-refractivity contribution in [2.75, 3.05) is 0 Å². The van der Waals surface area contributed by atoms with Crippen LogP contribution in [-0.2, 0) is 20.9 Å². The Kier molecular flexibility index (Phi) is 3.51. The molecule has 1 saturated heterocycles. The molecular weight excluding hydrogens is 242 g/mol. The molecule has 0 aliphatic carbocycles. The van der Waals surface area contributed by atoms with Gasteiger partial charge in [-0.05, 0) is 18.4 Å². The van der Waals surface area contributed by atoms with Crippen LogP contribution < -0.4 is 0 Å². The predicted octanol–water partition coefficient (Wildman–Crippen LogP) is 1.93. The van der Waals surface area contributed by atoms with E-state index in [2.05, 4.69) is 0 Å². The van der Waals surface area contributed by atoms with Gasteiger partial charge >= 0.3 is 0 Å². The largest absolute Gasteiger partial charge is 0.298 e. The summed E-state index contributed by atoms with van der Waals surface area (Å²) in [4.78, 5) is 37.6. The van der Waals surface area contributed by atoms with Crippen molar-refractivity contribution in [3.8, 4) is 0 Å². The lowest BCUT2D eigenvalue weighted by molar-refractivity contribution is -0.143. The number of ketones is 1. The summed E-state index contributed by atoms with van der Waals surface area (Å²) in [5.74, 6) is -1.58. The number of amides is 2. The molecule has 0 saturated carbocycles. The van der Waals surface area contributed by atoms with Gasteiger partial charge in [-0.25, -0.2) is 0 Å². The Hall–Kier alpha value is -1.97. The van der Waals surface area contributed by atoms with Gasteiger partial charge in [-0.2, -0.15) is 0 Å². The summed E-state index contributed by atoms with van der Waals surface area (Å²) in [7, 11) is 0. The molecule has 19 heavy (non-hydrogen) atoms. The highest BCUT2D eigenvalue weighted by atomic mass is 16.2. The van der Waals surface area contributed by atoms with Gasteiger partial charge in [-0.15, -0.1) is 0 Å². The summed E-state index contributed by atoms with van der Waals surface area (Å²) in [5.41, 5.74) is -0.286. The van der Waals surface area contributed by atoms with Gasteiger partial charge < -0.3 is 0 Å². The lowest BCUT2D eigenvalue weighted by Gasteiger charge is -2.21. The molecule has 1 aliphatic rings. The number of hydrogen-bond donors (Lipinski definition) is 0. The fraction of sp³-hybridized carbons (Fsp3) is 0.400. The van der Waals surface area contributed by atoms with E-state index >= 15 is 0 Å². The number of rotatable bonds is 4. The van der Waals surface area contributed by atoms with E-state index in [9.17, 15) is 14.4 Å². The molecule has 2 amide bonds. The number of Topliss-reactive ketones (excluding diaryl/α,β-unsaturated/α-hetero) is 1. The summed E-state index contributed by atoms with van der Waals surface area (Å²) in [6.45, 7) is 3.73. The van der Waals surface area contributed by atoms with Crippen LogP contribution in [-0.4, -0.2) is 22.5 Å². The molecule has 1 aromatic carbocycles. The van der Waals surface area contributed by atoms with Crippen LogP contribution >= 0.6 is 0 Å². The van der Waals surface area contributed by atoms with E-state index in [1.807, 2.05) is 30.3 Å². The summed E-state index contributed by atoms with van der Waals surface area (Å²) in [6.07, 6.45) is 0.746. The normalized spacial score (nSPS) is 18.2. The molecule has 1 aliphatic heterocycles. The fourth-order valence-electron chi connectivity index (χ4n) is 2.56. The first-order chi connectivity index (χ1) is 9.06. The second-order valence-corrected chi connectivity index (χ2v) is 4.80. The fourth-order valence-corrected chi connectivity index (χ4v) is 2.56. The molecular formula is C15H17NO3. The van der Waals surface area contributed by atoms with E-state index in [0.717, 1.165) is 10.5 Å². The first-order valence-corrected chi connectivity index (χ1v) is 6.51. The summed E-state index contributed by atoms with van der Waals surface area (Å²) < 4.78 is 0. The highest BCUT2D eigenvalue weighted by molar-refractivity contribution is 6.49. The molecule has 0 aromatic heterocycles. The number of imide groups is 1. The molecule has 0 spiro atoms. The van der Waals surface area contributed by atoms with Gasteiger partial charge in [-0.1, -0.05) is 44.2 Å². The minimum absolute atomic E-state index is 0.173. The van der Waals surface area contributed by atoms with Crippen LogP contribution in [0.3, 0.4) is 0 Å². The molecule has 100 valence electrons. The molecule has 4 nitrogen and oxygen atoms in total. The minimum Gasteiger partial charge on any atom is -0.287 e. The van der Waals surface area contributed by atoms with Crippen molar-refractivity contribution in [3.63, 3.8) is 0 Å². The molecule has 2 rings (SSSR count). The first-order valence-electron chi connectivity index (χ1n) is 6.51. The van der Waals surface area contributed by atoms with Gasteiger partial charge in [-0.3, -0.25) is 19.3 Å². The van der Waals surface area contributed by atoms with E-state index < -0.39 is 17.1 Å². The maximum absolute atomic E-state index is 12.4. The third-order valence-corrected chi connectivity index (χ3v) is 3.92. The maximum Gasteiger partial charge on any atom is 0.298 e. The lowest BCUT2D eigenvalue weighted by Crippen LogP contribution is -2.35. The number of carbonyl (C=O) groups is 3. The lowest BCUT2D eigenvalue weighted by atomic mass is 9.80. The molecule has 0 bridgehead atoms. The zero-order valence-electron chi connectivity index (χ0n) is 11.2. The number of hydrogen-bond acceptors (Lipinski definition) is 3. The van der Waals surface area contributed by atoms with Crippen LogP contribution in [0, 0.1) is 5.41 Å². The second-order valence-electron chi connectivity index (χ2n) is 4.80. The maximum atomic E-state index is 12.4. The van der Waals surface area contributed by atoms with Crippen LogP contribution in [0.1, 0.15) is 32.3 Å².